The van der Waals surface area contributed by atoms with Crippen molar-refractivity contribution in [2.75, 3.05) is 13.2 Å². The maximum Gasteiger partial charge on any atom is 0.310 e. The average molecular weight is 238 g/mol. The SMILES string of the molecule is CCOC(=O)[C@@H]1[C@H](C(=O)OCC)[C@H]2C=C[C@H]1C2. The van der Waals surface area contributed by atoms with Crippen molar-refractivity contribution >= 4 is 11.9 Å². The zero-order chi connectivity index (χ0) is 12.4. The Kier molecular flexibility index (Phi) is 3.50. The molecule has 0 aromatic heterocycles. The van der Waals surface area contributed by atoms with Crippen molar-refractivity contribution in [1.29, 1.82) is 0 Å². The minimum Gasteiger partial charge on any atom is -0.466 e. The van der Waals surface area contributed by atoms with Crippen molar-refractivity contribution in [1.82, 2.24) is 0 Å². The highest BCUT2D eigenvalue weighted by atomic mass is 16.5. The Balaban J connectivity index is 2.14. The third-order valence-electron chi connectivity index (χ3n) is 3.58. The monoisotopic (exact) mass is 238 g/mol. The summed E-state index contributed by atoms with van der Waals surface area (Å²) in [7, 11) is 0. The molecule has 0 spiro atoms. The predicted molar refractivity (Wildman–Crippen MR) is 61.0 cm³/mol. The maximum atomic E-state index is 11.9. The Labute approximate surface area is 101 Å². The highest BCUT2D eigenvalue weighted by Gasteiger charge is 2.52. The summed E-state index contributed by atoms with van der Waals surface area (Å²) >= 11 is 0. The molecule has 4 atom stereocenters. The Hall–Kier alpha value is -1.32. The molecular weight excluding hydrogens is 220 g/mol. The van der Waals surface area contributed by atoms with Gasteiger partial charge < -0.3 is 9.47 Å². The van der Waals surface area contributed by atoms with Crippen molar-refractivity contribution in [3.8, 4) is 0 Å². The first-order valence-corrected chi connectivity index (χ1v) is 6.20. The van der Waals surface area contributed by atoms with Crippen molar-refractivity contribution < 1.29 is 19.1 Å². The summed E-state index contributed by atoms with van der Waals surface area (Å²) in [6.07, 6.45) is 4.93. The highest BCUT2D eigenvalue weighted by Crippen LogP contribution is 2.48. The van der Waals surface area contributed by atoms with Crippen molar-refractivity contribution in [2.45, 2.75) is 20.3 Å². The van der Waals surface area contributed by atoms with Gasteiger partial charge in [-0.15, -0.1) is 0 Å². The van der Waals surface area contributed by atoms with Gasteiger partial charge in [0.05, 0.1) is 25.0 Å². The summed E-state index contributed by atoms with van der Waals surface area (Å²) in [6.45, 7) is 4.26. The summed E-state index contributed by atoms with van der Waals surface area (Å²) in [5.41, 5.74) is 0. The van der Waals surface area contributed by atoms with Crippen molar-refractivity contribution in [3.63, 3.8) is 0 Å². The average Bonchev–Trinajstić information content (AvgIpc) is 2.89. The first-order valence-electron chi connectivity index (χ1n) is 6.20. The fourth-order valence-electron chi connectivity index (χ4n) is 2.94. The molecule has 4 heteroatoms. The topological polar surface area (TPSA) is 52.6 Å². The van der Waals surface area contributed by atoms with Crippen LogP contribution in [-0.2, 0) is 19.1 Å². The van der Waals surface area contributed by atoms with Crippen molar-refractivity contribution in [3.05, 3.63) is 12.2 Å². The zero-order valence-corrected chi connectivity index (χ0v) is 10.2. The van der Waals surface area contributed by atoms with Crippen LogP contribution < -0.4 is 0 Å². The van der Waals surface area contributed by atoms with E-state index in [9.17, 15) is 9.59 Å². The molecule has 2 rings (SSSR count). The van der Waals surface area contributed by atoms with Crippen LogP contribution in [0, 0.1) is 23.7 Å². The molecular formula is C13H18O4. The van der Waals surface area contributed by atoms with Crippen LogP contribution in [0.15, 0.2) is 12.2 Å². The summed E-state index contributed by atoms with van der Waals surface area (Å²) in [5.74, 6) is -0.917. The lowest BCUT2D eigenvalue weighted by Gasteiger charge is -2.24. The maximum absolute atomic E-state index is 11.9. The molecule has 2 aliphatic carbocycles. The Bertz CT molecular complexity index is 315. The lowest BCUT2D eigenvalue weighted by atomic mass is 9.83. The van der Waals surface area contributed by atoms with Crippen LogP contribution in [0.4, 0.5) is 0 Å². The molecule has 0 heterocycles. The molecule has 0 amide bonds. The molecule has 2 bridgehead atoms. The Morgan fingerprint density at radius 3 is 1.76 bits per heavy atom. The van der Waals surface area contributed by atoms with Crippen LogP contribution in [0.1, 0.15) is 20.3 Å². The van der Waals surface area contributed by atoms with Gasteiger partial charge in [0.15, 0.2) is 0 Å². The summed E-state index contributed by atoms with van der Waals surface area (Å²) in [6, 6.07) is 0. The first kappa shape index (κ1) is 12.1. The van der Waals surface area contributed by atoms with Gasteiger partial charge in [-0.1, -0.05) is 12.2 Å². The lowest BCUT2D eigenvalue weighted by Crippen LogP contribution is -2.35. The first-order chi connectivity index (χ1) is 8.19. The Morgan fingerprint density at radius 1 is 1.00 bits per heavy atom. The van der Waals surface area contributed by atoms with E-state index in [0.29, 0.717) is 13.2 Å². The number of allylic oxidation sites excluding steroid dienone is 2. The normalized spacial score (nSPS) is 33.8. The minimum absolute atomic E-state index is 0.147. The summed E-state index contributed by atoms with van der Waals surface area (Å²) < 4.78 is 10.1. The van der Waals surface area contributed by atoms with E-state index in [1.807, 2.05) is 12.2 Å². The van der Waals surface area contributed by atoms with E-state index < -0.39 is 0 Å². The van der Waals surface area contributed by atoms with Gasteiger partial charge in [0, 0.05) is 0 Å². The minimum atomic E-state index is -0.344. The molecule has 1 saturated carbocycles. The molecule has 0 aromatic carbocycles. The number of esters is 2. The molecule has 0 saturated heterocycles. The van der Waals surface area contributed by atoms with E-state index in [4.69, 9.17) is 9.47 Å². The second-order valence-electron chi connectivity index (χ2n) is 4.50. The van der Waals surface area contributed by atoms with Crippen LogP contribution in [0.3, 0.4) is 0 Å². The second-order valence-corrected chi connectivity index (χ2v) is 4.50. The molecule has 0 aliphatic heterocycles. The van der Waals surface area contributed by atoms with Crippen LogP contribution in [-0.4, -0.2) is 25.2 Å². The van der Waals surface area contributed by atoms with Gasteiger partial charge in [-0.2, -0.15) is 0 Å². The van der Waals surface area contributed by atoms with E-state index >= 15 is 0 Å². The molecule has 2 aliphatic rings. The zero-order valence-electron chi connectivity index (χ0n) is 10.2. The largest absolute Gasteiger partial charge is 0.466 e. The molecule has 94 valence electrons. The van der Waals surface area contributed by atoms with Gasteiger partial charge in [-0.05, 0) is 32.1 Å². The van der Waals surface area contributed by atoms with Gasteiger partial charge >= 0.3 is 11.9 Å². The van der Waals surface area contributed by atoms with Crippen LogP contribution >= 0.6 is 0 Å². The van der Waals surface area contributed by atoms with Gasteiger partial charge in [0.1, 0.15) is 0 Å². The van der Waals surface area contributed by atoms with Gasteiger partial charge in [-0.3, -0.25) is 9.59 Å². The fourth-order valence-corrected chi connectivity index (χ4v) is 2.94. The highest BCUT2D eigenvalue weighted by molar-refractivity contribution is 5.84. The van der Waals surface area contributed by atoms with E-state index in [1.165, 1.54) is 0 Å². The molecule has 4 nitrogen and oxygen atoms in total. The quantitative estimate of drug-likeness (QED) is 0.551. The molecule has 0 N–H and O–H groups in total. The summed E-state index contributed by atoms with van der Waals surface area (Å²) in [5, 5.41) is 0. The molecule has 0 radical (unpaired) electrons. The number of hydrogen-bond acceptors (Lipinski definition) is 4. The van der Waals surface area contributed by atoms with Crippen LogP contribution in [0.5, 0.6) is 0 Å². The van der Waals surface area contributed by atoms with Crippen LogP contribution in [0.25, 0.3) is 0 Å². The molecule has 0 aromatic rings. The number of ether oxygens (including phenoxy) is 2. The van der Waals surface area contributed by atoms with Gasteiger partial charge in [-0.25, -0.2) is 0 Å². The van der Waals surface area contributed by atoms with E-state index in [0.717, 1.165) is 6.42 Å². The van der Waals surface area contributed by atoms with Gasteiger partial charge in [0.25, 0.3) is 0 Å². The van der Waals surface area contributed by atoms with E-state index in [2.05, 4.69) is 0 Å². The fraction of sp³-hybridized carbons (Fsp3) is 0.692. The Morgan fingerprint density at radius 2 is 1.41 bits per heavy atom. The number of hydrogen-bond donors (Lipinski definition) is 0. The molecule has 1 fully saturated rings. The van der Waals surface area contributed by atoms with E-state index in [-0.39, 0.29) is 35.6 Å². The summed E-state index contributed by atoms with van der Waals surface area (Å²) in [4.78, 5) is 23.8. The molecule has 17 heavy (non-hydrogen) atoms. The number of rotatable bonds is 4. The molecule has 0 unspecified atom stereocenters. The van der Waals surface area contributed by atoms with Gasteiger partial charge in [0.2, 0.25) is 0 Å². The second kappa shape index (κ2) is 4.90. The van der Waals surface area contributed by atoms with Crippen LogP contribution in [0.2, 0.25) is 0 Å². The number of carbonyl (C=O) groups is 2. The number of carbonyl (C=O) groups excluding carboxylic acids is 2. The lowest BCUT2D eigenvalue weighted by molar-refractivity contribution is -0.160. The predicted octanol–water partition coefficient (Wildman–Crippen LogP) is 1.55. The number of fused-ring (bicyclic) bond motifs is 2. The van der Waals surface area contributed by atoms with Crippen molar-refractivity contribution in [2.24, 2.45) is 23.7 Å². The smallest absolute Gasteiger partial charge is 0.310 e. The standard InChI is InChI=1S/C13H18O4/c1-3-16-12(14)10-8-5-6-9(7-8)11(10)13(15)17-4-2/h5-6,8-11H,3-4,7H2,1-2H3/t8-,9-,10-,11+/m0/s1. The van der Waals surface area contributed by atoms with E-state index in [1.54, 1.807) is 13.8 Å². The third kappa shape index (κ3) is 2.08. The third-order valence-corrected chi connectivity index (χ3v) is 3.58.